The van der Waals surface area contributed by atoms with Crippen LogP contribution in [0.5, 0.6) is 0 Å². The van der Waals surface area contributed by atoms with Crippen LogP contribution in [0.1, 0.15) is 0 Å². The van der Waals surface area contributed by atoms with Crippen LogP contribution in [0.15, 0.2) is 24.5 Å². The zero-order valence-corrected chi connectivity index (χ0v) is 3.57. The molecule has 0 atom stereocenters. The van der Waals surface area contributed by atoms with E-state index in [1.165, 1.54) is 0 Å². The second kappa shape index (κ2) is 1.55. The van der Waals surface area contributed by atoms with Crippen molar-refractivity contribution in [2.45, 2.75) is 0 Å². The first-order valence-corrected chi connectivity index (χ1v) is 1.53. The number of hydrogen-bond acceptors (Lipinski definition) is 1. The molecule has 0 spiro atoms. The van der Waals surface area contributed by atoms with Crippen molar-refractivity contribution in [2.75, 3.05) is 0 Å². The van der Waals surface area contributed by atoms with Crippen LogP contribution < -0.4 is 0 Å². The molecule has 0 aliphatic rings. The maximum Gasteiger partial charge on any atom is 0.220 e. The van der Waals surface area contributed by atoms with Gasteiger partial charge in [-0.05, 0) is 0 Å². The van der Waals surface area contributed by atoms with Crippen molar-refractivity contribution < 1.29 is 5.11 Å². The smallest absolute Gasteiger partial charge is 0.220 e. The first kappa shape index (κ1) is 5.15. The van der Waals surface area contributed by atoms with Crippen LogP contribution in [0.25, 0.3) is 0 Å². The molecule has 0 fully saturated rings. The lowest BCUT2D eigenvalue weighted by atomic mass is 10.3. The third-order valence-electron chi connectivity index (χ3n) is 0.408. The number of aliphatic hydroxyl groups is 1. The van der Waals surface area contributed by atoms with E-state index in [1.807, 2.05) is 0 Å². The molecule has 0 heterocycles. The van der Waals surface area contributed by atoms with E-state index in [-0.39, 0.29) is 5.76 Å². The maximum absolute atomic E-state index is 8.27. The second-order valence-electron chi connectivity index (χ2n) is 1.05. The fraction of sp³-hybridized carbons (Fsp3) is 0. The van der Waals surface area contributed by atoms with Crippen molar-refractivity contribution in [1.82, 2.24) is 0 Å². The Hall–Kier alpha value is -0.850. The molecule has 0 bridgehead atoms. The minimum absolute atomic E-state index is 0.0463. The van der Waals surface area contributed by atoms with Crippen LogP contribution in [-0.4, -0.2) is 5.11 Å². The quantitative estimate of drug-likeness (QED) is 0.289. The Kier molecular flexibility index (Phi) is 1.33. The summed E-state index contributed by atoms with van der Waals surface area (Å²) in [7, 11) is 0. The average Bonchev–Trinajstić information content (AvgIpc) is 1.36. The van der Waals surface area contributed by atoms with E-state index < -0.39 is 0 Å². The monoisotopic (exact) mass is 83.0 g/mol. The third kappa shape index (κ3) is 1.47. The summed E-state index contributed by atoms with van der Waals surface area (Å²) in [5.74, 6) is -0.0463. The van der Waals surface area contributed by atoms with Crippen molar-refractivity contribution in [3.05, 3.63) is 31.4 Å². The van der Waals surface area contributed by atoms with Crippen LogP contribution in [0.3, 0.4) is 0 Å². The summed E-state index contributed by atoms with van der Waals surface area (Å²) in [5.41, 5.74) is 0.370. The lowest BCUT2D eigenvalue weighted by Gasteiger charge is -1.76. The number of rotatable bonds is 1. The van der Waals surface area contributed by atoms with Crippen molar-refractivity contribution in [1.29, 1.82) is 0 Å². The summed E-state index contributed by atoms with van der Waals surface area (Å²) in [4.78, 5) is 0. The molecule has 1 nitrogen and oxygen atoms in total. The molecule has 0 aliphatic heterocycles. The summed E-state index contributed by atoms with van der Waals surface area (Å²) in [6.45, 7) is 9.74. The van der Waals surface area contributed by atoms with Crippen LogP contribution >= 0.6 is 0 Å². The van der Waals surface area contributed by atoms with E-state index in [9.17, 15) is 0 Å². The molecular weight excluding hydrogens is 76.1 g/mol. The highest BCUT2D eigenvalue weighted by molar-refractivity contribution is 5.19. The SMILES string of the molecule is C=C([CH2+])C(=C)O. The van der Waals surface area contributed by atoms with Gasteiger partial charge in [-0.15, -0.1) is 0 Å². The summed E-state index contributed by atoms with van der Waals surface area (Å²) >= 11 is 0. The minimum Gasteiger partial charge on any atom is -0.449 e. The van der Waals surface area contributed by atoms with Gasteiger partial charge in [-0.2, -0.15) is 0 Å². The first-order valence-electron chi connectivity index (χ1n) is 1.53. The number of hydrogen-bond donors (Lipinski definition) is 1. The van der Waals surface area contributed by atoms with Crippen molar-refractivity contribution in [2.24, 2.45) is 0 Å². The van der Waals surface area contributed by atoms with Gasteiger partial charge in [0.05, 0.1) is 0 Å². The third-order valence-corrected chi connectivity index (χ3v) is 0.408. The van der Waals surface area contributed by atoms with Gasteiger partial charge in [0.1, 0.15) is 0 Å². The van der Waals surface area contributed by atoms with E-state index in [1.54, 1.807) is 0 Å². The molecule has 32 valence electrons. The van der Waals surface area contributed by atoms with Gasteiger partial charge in [-0.3, -0.25) is 0 Å². The Morgan fingerprint density at radius 3 is 1.67 bits per heavy atom. The van der Waals surface area contributed by atoms with Crippen LogP contribution in [0.2, 0.25) is 0 Å². The molecule has 0 saturated carbocycles. The minimum atomic E-state index is -0.0463. The Morgan fingerprint density at radius 2 is 1.67 bits per heavy atom. The van der Waals surface area contributed by atoms with Crippen LogP contribution in [-0.2, 0) is 0 Å². The maximum atomic E-state index is 8.27. The molecule has 0 amide bonds. The zero-order valence-electron chi connectivity index (χ0n) is 3.57. The van der Waals surface area contributed by atoms with Crippen molar-refractivity contribution in [3.8, 4) is 0 Å². The fourth-order valence-electron chi connectivity index (χ4n) is 0. The largest absolute Gasteiger partial charge is 0.449 e. The predicted molar refractivity (Wildman–Crippen MR) is 26.3 cm³/mol. The standard InChI is InChI=1S/C5H6O/c1-4(2)5(3)6/h1-3H2/p+1. The van der Waals surface area contributed by atoms with E-state index in [0.29, 0.717) is 5.57 Å². The fourth-order valence-corrected chi connectivity index (χ4v) is 0. The Balaban J connectivity index is 3.57. The van der Waals surface area contributed by atoms with E-state index in [2.05, 4.69) is 20.1 Å². The lowest BCUT2D eigenvalue weighted by Crippen LogP contribution is -1.73. The highest BCUT2D eigenvalue weighted by Crippen LogP contribution is 1.93. The highest BCUT2D eigenvalue weighted by atomic mass is 16.3. The van der Waals surface area contributed by atoms with Gasteiger partial charge in [0.25, 0.3) is 0 Å². The second-order valence-corrected chi connectivity index (χ2v) is 1.05. The molecule has 1 N–H and O–H groups in total. The van der Waals surface area contributed by atoms with E-state index in [4.69, 9.17) is 5.11 Å². The molecular formula is C5H7O+. The molecule has 0 radical (unpaired) electrons. The Bertz CT molecular complexity index is 69.9. The van der Waals surface area contributed by atoms with Crippen molar-refractivity contribution in [3.63, 3.8) is 0 Å². The summed E-state index contributed by atoms with van der Waals surface area (Å²) in [5, 5.41) is 8.27. The van der Waals surface area contributed by atoms with Gasteiger partial charge in [-0.25, -0.2) is 0 Å². The number of allylic oxidation sites excluding steroid dienone is 1. The topological polar surface area (TPSA) is 20.2 Å². The molecule has 0 aliphatic carbocycles. The van der Waals surface area contributed by atoms with Gasteiger partial charge in [0.2, 0.25) is 5.76 Å². The van der Waals surface area contributed by atoms with Crippen LogP contribution in [0.4, 0.5) is 0 Å². The Labute approximate surface area is 37.6 Å². The van der Waals surface area contributed by atoms with Gasteiger partial charge in [-0.1, -0.05) is 0 Å². The van der Waals surface area contributed by atoms with Gasteiger partial charge >= 0.3 is 0 Å². The molecule has 0 rings (SSSR count). The molecule has 1 heteroatoms. The highest BCUT2D eigenvalue weighted by Gasteiger charge is 1.93. The molecule has 0 aromatic heterocycles. The normalized spacial score (nSPS) is 7.33. The average molecular weight is 83.1 g/mol. The van der Waals surface area contributed by atoms with Gasteiger partial charge in [0.15, 0.2) is 5.57 Å². The Morgan fingerprint density at radius 1 is 1.50 bits per heavy atom. The molecule has 0 aromatic rings. The van der Waals surface area contributed by atoms with E-state index in [0.717, 1.165) is 0 Å². The summed E-state index contributed by atoms with van der Waals surface area (Å²) in [6.07, 6.45) is 0. The zero-order chi connectivity index (χ0) is 5.15. The molecule has 0 unspecified atom stereocenters. The first-order chi connectivity index (χ1) is 2.64. The molecule has 0 saturated heterocycles. The molecule has 0 aromatic carbocycles. The lowest BCUT2D eigenvalue weighted by molar-refractivity contribution is 0.429. The summed E-state index contributed by atoms with van der Waals surface area (Å²) in [6, 6.07) is 0. The van der Waals surface area contributed by atoms with Gasteiger partial charge in [0, 0.05) is 20.1 Å². The van der Waals surface area contributed by atoms with Crippen molar-refractivity contribution >= 4 is 0 Å². The number of aliphatic hydroxyl groups excluding tert-OH is 1. The van der Waals surface area contributed by atoms with E-state index >= 15 is 0 Å². The van der Waals surface area contributed by atoms with Gasteiger partial charge < -0.3 is 5.11 Å². The predicted octanol–water partition coefficient (Wildman–Crippen LogP) is 1.45. The summed E-state index contributed by atoms with van der Waals surface area (Å²) < 4.78 is 0. The van der Waals surface area contributed by atoms with Crippen LogP contribution in [0, 0.1) is 6.92 Å². The molecule has 6 heavy (non-hydrogen) atoms.